The molecule has 0 atom stereocenters. The van der Waals surface area contributed by atoms with Gasteiger partial charge in [0.25, 0.3) is 11.5 Å². The Bertz CT molecular complexity index is 855. The second-order valence-corrected chi connectivity index (χ2v) is 5.19. The molecule has 1 aromatic heterocycles. The summed E-state index contributed by atoms with van der Waals surface area (Å²) in [5.41, 5.74) is 2.04. The Kier molecular flexibility index (Phi) is 4.34. The van der Waals surface area contributed by atoms with E-state index in [2.05, 4.69) is 5.32 Å². The van der Waals surface area contributed by atoms with E-state index in [0.717, 1.165) is 11.3 Å². The van der Waals surface area contributed by atoms with E-state index in [1.165, 1.54) is 10.6 Å². The molecule has 0 aliphatic rings. The monoisotopic (exact) mass is 304 g/mol. The molecular formula is C19H16N2O2. The lowest BCUT2D eigenvalue weighted by molar-refractivity contribution is 0.102. The lowest BCUT2D eigenvalue weighted by atomic mass is 10.2. The Hall–Kier alpha value is -3.14. The molecule has 0 spiro atoms. The van der Waals surface area contributed by atoms with E-state index in [-0.39, 0.29) is 11.5 Å². The number of hydrogen-bond donors (Lipinski definition) is 1. The first kappa shape index (κ1) is 14.8. The number of aromatic nitrogens is 1. The third-order valence-corrected chi connectivity index (χ3v) is 3.47. The predicted octanol–water partition coefficient (Wildman–Crippen LogP) is 3.15. The first-order valence-corrected chi connectivity index (χ1v) is 7.33. The quantitative estimate of drug-likeness (QED) is 0.805. The molecule has 0 bridgehead atoms. The van der Waals surface area contributed by atoms with Gasteiger partial charge in [0.15, 0.2) is 0 Å². The van der Waals surface area contributed by atoms with Gasteiger partial charge < -0.3 is 9.88 Å². The number of benzene rings is 2. The Balaban J connectivity index is 1.82. The molecule has 3 rings (SSSR count). The standard InChI is InChI=1S/C19H16N2O2/c22-18-12-11-16(19(23)20-17-9-5-2-6-10-17)14-21(18)13-15-7-3-1-4-8-15/h1-12,14H,13H2,(H,20,23). The van der Waals surface area contributed by atoms with Gasteiger partial charge in [-0.1, -0.05) is 48.5 Å². The third-order valence-electron chi connectivity index (χ3n) is 3.47. The van der Waals surface area contributed by atoms with Crippen LogP contribution >= 0.6 is 0 Å². The number of hydrogen-bond acceptors (Lipinski definition) is 2. The van der Waals surface area contributed by atoms with Crippen LogP contribution in [0.25, 0.3) is 0 Å². The normalized spacial score (nSPS) is 10.3. The highest BCUT2D eigenvalue weighted by Crippen LogP contribution is 2.08. The number of nitrogens with zero attached hydrogens (tertiary/aromatic N) is 1. The van der Waals surface area contributed by atoms with E-state index in [4.69, 9.17) is 0 Å². The van der Waals surface area contributed by atoms with Crippen molar-refractivity contribution < 1.29 is 4.79 Å². The average Bonchev–Trinajstić information content (AvgIpc) is 2.58. The van der Waals surface area contributed by atoms with Crippen molar-refractivity contribution >= 4 is 11.6 Å². The molecule has 0 aliphatic heterocycles. The van der Waals surface area contributed by atoms with E-state index in [0.29, 0.717) is 12.1 Å². The van der Waals surface area contributed by atoms with Crippen molar-refractivity contribution in [2.24, 2.45) is 0 Å². The highest BCUT2D eigenvalue weighted by atomic mass is 16.2. The molecule has 3 aromatic rings. The van der Waals surface area contributed by atoms with Gasteiger partial charge in [0, 0.05) is 18.0 Å². The molecular weight excluding hydrogens is 288 g/mol. The molecule has 1 N–H and O–H groups in total. The lowest BCUT2D eigenvalue weighted by Crippen LogP contribution is -2.22. The molecule has 1 heterocycles. The summed E-state index contributed by atoms with van der Waals surface area (Å²) < 4.78 is 1.54. The van der Waals surface area contributed by atoms with Gasteiger partial charge in [0.1, 0.15) is 0 Å². The first-order valence-electron chi connectivity index (χ1n) is 7.33. The maximum atomic E-state index is 12.3. The lowest BCUT2D eigenvalue weighted by Gasteiger charge is -2.09. The Morgan fingerprint density at radius 2 is 1.52 bits per heavy atom. The molecule has 0 saturated carbocycles. The van der Waals surface area contributed by atoms with E-state index in [1.54, 1.807) is 12.3 Å². The summed E-state index contributed by atoms with van der Waals surface area (Å²) in [6.45, 7) is 0.437. The van der Waals surface area contributed by atoms with Gasteiger partial charge in [-0.25, -0.2) is 0 Å². The summed E-state index contributed by atoms with van der Waals surface area (Å²) in [6, 6.07) is 21.9. The Morgan fingerprint density at radius 3 is 2.22 bits per heavy atom. The van der Waals surface area contributed by atoms with Crippen LogP contribution in [0.5, 0.6) is 0 Å². The average molecular weight is 304 g/mol. The van der Waals surface area contributed by atoms with Crippen LogP contribution in [0.3, 0.4) is 0 Å². The topological polar surface area (TPSA) is 51.1 Å². The number of pyridine rings is 1. The molecule has 4 heteroatoms. The first-order chi connectivity index (χ1) is 11.2. The van der Waals surface area contributed by atoms with Crippen LogP contribution in [0.4, 0.5) is 5.69 Å². The Labute approximate surface area is 134 Å². The summed E-state index contributed by atoms with van der Waals surface area (Å²) in [7, 11) is 0. The number of para-hydroxylation sites is 1. The van der Waals surface area contributed by atoms with Crippen molar-refractivity contribution in [2.45, 2.75) is 6.54 Å². The molecule has 0 saturated heterocycles. The van der Waals surface area contributed by atoms with Gasteiger partial charge in [0.2, 0.25) is 0 Å². The SMILES string of the molecule is O=C(Nc1ccccc1)c1ccc(=O)n(Cc2ccccc2)c1. The second-order valence-electron chi connectivity index (χ2n) is 5.19. The third kappa shape index (κ3) is 3.74. The molecule has 0 fully saturated rings. The molecule has 2 aromatic carbocycles. The fourth-order valence-corrected chi connectivity index (χ4v) is 2.29. The number of carbonyl (C=O) groups excluding carboxylic acids is 1. The zero-order valence-electron chi connectivity index (χ0n) is 12.5. The summed E-state index contributed by atoms with van der Waals surface area (Å²) in [5, 5.41) is 2.81. The largest absolute Gasteiger partial charge is 0.322 e. The van der Waals surface area contributed by atoms with Gasteiger partial charge >= 0.3 is 0 Å². The van der Waals surface area contributed by atoms with Crippen LogP contribution in [-0.2, 0) is 6.54 Å². The van der Waals surface area contributed by atoms with E-state index < -0.39 is 0 Å². The summed E-state index contributed by atoms with van der Waals surface area (Å²) in [4.78, 5) is 24.3. The number of carbonyl (C=O) groups is 1. The summed E-state index contributed by atoms with van der Waals surface area (Å²) in [5.74, 6) is -0.238. The molecule has 0 unspecified atom stereocenters. The molecule has 23 heavy (non-hydrogen) atoms. The van der Waals surface area contributed by atoms with E-state index >= 15 is 0 Å². The number of rotatable bonds is 4. The molecule has 0 aliphatic carbocycles. The van der Waals surface area contributed by atoms with Crippen molar-refractivity contribution in [3.05, 3.63) is 100 Å². The minimum absolute atomic E-state index is 0.134. The van der Waals surface area contributed by atoms with Crippen LogP contribution in [0.2, 0.25) is 0 Å². The van der Waals surface area contributed by atoms with Crippen LogP contribution in [-0.4, -0.2) is 10.5 Å². The van der Waals surface area contributed by atoms with Crippen LogP contribution in [0, 0.1) is 0 Å². The minimum Gasteiger partial charge on any atom is -0.322 e. The van der Waals surface area contributed by atoms with Crippen molar-refractivity contribution in [2.75, 3.05) is 5.32 Å². The summed E-state index contributed by atoms with van der Waals surface area (Å²) in [6.07, 6.45) is 1.59. The second kappa shape index (κ2) is 6.75. The zero-order chi connectivity index (χ0) is 16.1. The molecule has 114 valence electrons. The fourth-order valence-electron chi connectivity index (χ4n) is 2.29. The van der Waals surface area contributed by atoms with Gasteiger partial charge in [-0.2, -0.15) is 0 Å². The highest BCUT2D eigenvalue weighted by Gasteiger charge is 2.08. The smallest absolute Gasteiger partial charge is 0.257 e. The van der Waals surface area contributed by atoms with Crippen molar-refractivity contribution in [1.82, 2.24) is 4.57 Å². The van der Waals surface area contributed by atoms with Crippen molar-refractivity contribution in [1.29, 1.82) is 0 Å². The van der Waals surface area contributed by atoms with Crippen LogP contribution in [0.1, 0.15) is 15.9 Å². The molecule has 0 radical (unpaired) electrons. The van der Waals surface area contributed by atoms with E-state index in [9.17, 15) is 9.59 Å². The van der Waals surface area contributed by atoms with Gasteiger partial charge in [-0.3, -0.25) is 9.59 Å². The van der Waals surface area contributed by atoms with Gasteiger partial charge in [-0.15, -0.1) is 0 Å². The van der Waals surface area contributed by atoms with Crippen LogP contribution in [0.15, 0.2) is 83.8 Å². The number of amides is 1. The molecule has 1 amide bonds. The number of nitrogens with one attached hydrogen (secondary N) is 1. The van der Waals surface area contributed by atoms with Crippen molar-refractivity contribution in [3.8, 4) is 0 Å². The highest BCUT2D eigenvalue weighted by molar-refractivity contribution is 6.04. The van der Waals surface area contributed by atoms with Crippen molar-refractivity contribution in [3.63, 3.8) is 0 Å². The minimum atomic E-state index is -0.238. The molecule has 4 nitrogen and oxygen atoms in total. The predicted molar refractivity (Wildman–Crippen MR) is 90.6 cm³/mol. The maximum absolute atomic E-state index is 12.3. The van der Waals surface area contributed by atoms with Gasteiger partial charge in [-0.05, 0) is 23.8 Å². The number of anilines is 1. The zero-order valence-corrected chi connectivity index (χ0v) is 12.5. The Morgan fingerprint density at radius 1 is 0.870 bits per heavy atom. The van der Waals surface area contributed by atoms with E-state index in [1.807, 2.05) is 60.7 Å². The maximum Gasteiger partial charge on any atom is 0.257 e. The summed E-state index contributed by atoms with van der Waals surface area (Å²) >= 11 is 0. The van der Waals surface area contributed by atoms with Gasteiger partial charge in [0.05, 0.1) is 12.1 Å². The fraction of sp³-hybridized carbons (Fsp3) is 0.0526. The van der Waals surface area contributed by atoms with Crippen LogP contribution < -0.4 is 10.9 Å².